The van der Waals surface area contributed by atoms with E-state index in [1.807, 2.05) is 43.3 Å². The van der Waals surface area contributed by atoms with Crippen molar-refractivity contribution in [1.82, 2.24) is 5.01 Å². The first-order chi connectivity index (χ1) is 14.0. The van der Waals surface area contributed by atoms with Crippen molar-refractivity contribution in [2.75, 3.05) is 19.0 Å². The van der Waals surface area contributed by atoms with Crippen molar-refractivity contribution in [3.05, 3.63) is 35.4 Å². The van der Waals surface area contributed by atoms with Crippen molar-refractivity contribution >= 4 is 45.5 Å². The highest BCUT2D eigenvalue weighted by molar-refractivity contribution is 8.26. The van der Waals surface area contributed by atoms with E-state index in [9.17, 15) is 4.79 Å². The highest BCUT2D eigenvalue weighted by Gasteiger charge is 2.35. The molecule has 7 heteroatoms. The number of benzene rings is 1. The third kappa shape index (κ3) is 4.45. The van der Waals surface area contributed by atoms with Crippen LogP contribution >= 0.6 is 11.8 Å². The Balaban J connectivity index is 1.47. The summed E-state index contributed by atoms with van der Waals surface area (Å²) < 4.78 is 0. The number of nitrogens with one attached hydrogen (secondary N) is 1. The Morgan fingerprint density at radius 2 is 1.93 bits per heavy atom. The van der Waals surface area contributed by atoms with Gasteiger partial charge in [0.05, 0.1) is 5.57 Å². The van der Waals surface area contributed by atoms with Gasteiger partial charge in [-0.2, -0.15) is 15.1 Å². The number of nitrogens with zero attached hydrogens (tertiary/aromatic N) is 4. The molecule has 6 nitrogen and oxygen atoms in total. The van der Waals surface area contributed by atoms with Crippen LogP contribution < -0.4 is 4.90 Å². The first-order valence-corrected chi connectivity index (χ1v) is 11.1. The molecule has 152 valence electrons. The molecular weight excluding hydrogens is 382 g/mol. The minimum absolute atomic E-state index is 0.108. The summed E-state index contributed by atoms with van der Waals surface area (Å²) >= 11 is 1.44. The molecule has 4 rings (SSSR count). The van der Waals surface area contributed by atoms with Gasteiger partial charge in [-0.1, -0.05) is 44.2 Å². The van der Waals surface area contributed by atoms with Crippen LogP contribution in [-0.2, 0) is 4.79 Å². The smallest absolute Gasteiger partial charge is 0.283 e. The average molecular weight is 410 g/mol. The molecule has 0 spiro atoms. The summed E-state index contributed by atoms with van der Waals surface area (Å²) in [5, 5.41) is 16.1. The molecule has 1 aromatic carbocycles. The number of hydrazone groups is 1. The molecule has 0 aromatic heterocycles. The molecule has 1 saturated carbocycles. The van der Waals surface area contributed by atoms with Gasteiger partial charge in [0.25, 0.3) is 5.91 Å². The van der Waals surface area contributed by atoms with Crippen LogP contribution in [0.1, 0.15) is 50.5 Å². The number of carbonyl (C=O) groups is 1. The van der Waals surface area contributed by atoms with Gasteiger partial charge < -0.3 is 4.90 Å². The number of fused-ring (bicyclic) bond motifs is 1. The van der Waals surface area contributed by atoms with Gasteiger partial charge in [-0.05, 0) is 54.3 Å². The molecule has 2 heterocycles. The zero-order valence-corrected chi connectivity index (χ0v) is 17.8. The van der Waals surface area contributed by atoms with E-state index in [0.29, 0.717) is 5.17 Å². The number of aliphatic imine (C=N–C) groups is 1. The second-order valence-corrected chi connectivity index (χ2v) is 9.08. The maximum Gasteiger partial charge on any atom is 0.283 e. The summed E-state index contributed by atoms with van der Waals surface area (Å²) in [6.07, 6.45) is 10.4. The van der Waals surface area contributed by atoms with Crippen molar-refractivity contribution in [3.8, 4) is 0 Å². The van der Waals surface area contributed by atoms with E-state index in [0.717, 1.165) is 35.1 Å². The van der Waals surface area contributed by atoms with Crippen molar-refractivity contribution in [3.63, 3.8) is 0 Å². The zero-order valence-electron chi connectivity index (χ0n) is 17.0. The van der Waals surface area contributed by atoms with Gasteiger partial charge in [0.1, 0.15) is 5.04 Å². The molecule has 1 aliphatic carbocycles. The summed E-state index contributed by atoms with van der Waals surface area (Å²) in [5.41, 5.74) is 2.24. The predicted molar refractivity (Wildman–Crippen MR) is 122 cm³/mol. The van der Waals surface area contributed by atoms with Crippen LogP contribution in [0.5, 0.6) is 0 Å². The second kappa shape index (κ2) is 8.53. The summed E-state index contributed by atoms with van der Waals surface area (Å²) in [5.74, 6) is 0.527. The van der Waals surface area contributed by atoms with Crippen LogP contribution in [0.15, 0.2) is 39.9 Å². The normalized spacial score (nSPS) is 21.3. The highest BCUT2D eigenvalue weighted by Crippen LogP contribution is 2.33. The average Bonchev–Trinajstić information content (AvgIpc) is 3.14. The molecule has 1 aromatic rings. The molecule has 0 atom stereocenters. The molecule has 3 aliphatic rings. The minimum atomic E-state index is -0.367. The number of carbonyl (C=O) groups excluding carboxylic acids is 1. The lowest BCUT2D eigenvalue weighted by atomic mass is 9.86. The third-order valence-corrected chi connectivity index (χ3v) is 6.68. The SMILES string of the molecule is CN(C)c1ccc(/C=C2/C(=N)N3N=C(CCC4CCCCC4)SC3=NC2=O)cc1. The van der Waals surface area contributed by atoms with Gasteiger partial charge in [0.2, 0.25) is 5.17 Å². The molecule has 1 N–H and O–H groups in total. The Bertz CT molecular complexity index is 894. The Morgan fingerprint density at radius 1 is 1.21 bits per heavy atom. The lowest BCUT2D eigenvalue weighted by molar-refractivity contribution is -0.114. The van der Waals surface area contributed by atoms with E-state index in [1.54, 1.807) is 6.08 Å². The van der Waals surface area contributed by atoms with Crippen molar-refractivity contribution in [2.24, 2.45) is 16.0 Å². The van der Waals surface area contributed by atoms with Crippen LogP contribution in [-0.4, -0.2) is 41.1 Å². The van der Waals surface area contributed by atoms with Crippen LogP contribution in [0.3, 0.4) is 0 Å². The molecule has 0 bridgehead atoms. The molecule has 1 fully saturated rings. The first-order valence-electron chi connectivity index (χ1n) is 10.3. The van der Waals surface area contributed by atoms with E-state index >= 15 is 0 Å². The number of amides is 1. The quantitative estimate of drug-likeness (QED) is 0.714. The summed E-state index contributed by atoms with van der Waals surface area (Å²) in [4.78, 5) is 18.8. The first kappa shape index (κ1) is 19.9. The maximum atomic E-state index is 12.5. The molecule has 2 aliphatic heterocycles. The van der Waals surface area contributed by atoms with Crippen LogP contribution in [0, 0.1) is 11.3 Å². The Labute approximate surface area is 176 Å². The number of anilines is 1. The van der Waals surface area contributed by atoms with E-state index in [2.05, 4.69) is 10.1 Å². The third-order valence-electron chi connectivity index (χ3n) is 5.71. The molecule has 0 unspecified atom stereocenters. The zero-order chi connectivity index (χ0) is 20.4. The molecule has 0 radical (unpaired) electrons. The number of amidine groups is 2. The predicted octanol–water partition coefficient (Wildman–Crippen LogP) is 4.73. The molecule has 29 heavy (non-hydrogen) atoms. The second-order valence-electron chi connectivity index (χ2n) is 8.04. The monoisotopic (exact) mass is 409 g/mol. The Morgan fingerprint density at radius 3 is 2.62 bits per heavy atom. The molecule has 1 amide bonds. The van der Waals surface area contributed by atoms with Gasteiger partial charge in [0.15, 0.2) is 5.84 Å². The Kier molecular flexibility index (Phi) is 5.85. The number of rotatable bonds is 5. The van der Waals surface area contributed by atoms with Crippen LogP contribution in [0.25, 0.3) is 6.08 Å². The van der Waals surface area contributed by atoms with E-state index in [-0.39, 0.29) is 17.3 Å². The fourth-order valence-corrected chi connectivity index (χ4v) is 4.87. The highest BCUT2D eigenvalue weighted by atomic mass is 32.2. The van der Waals surface area contributed by atoms with Crippen molar-refractivity contribution in [1.29, 1.82) is 5.41 Å². The lowest BCUT2D eigenvalue weighted by Crippen LogP contribution is -2.35. The van der Waals surface area contributed by atoms with Crippen molar-refractivity contribution < 1.29 is 4.79 Å². The van der Waals surface area contributed by atoms with Gasteiger partial charge in [-0.15, -0.1) is 0 Å². The van der Waals surface area contributed by atoms with Crippen LogP contribution in [0.4, 0.5) is 5.69 Å². The van der Waals surface area contributed by atoms with Gasteiger partial charge in [0, 0.05) is 19.8 Å². The summed E-state index contributed by atoms with van der Waals surface area (Å²) in [7, 11) is 3.97. The Hall–Kier alpha value is -2.41. The van der Waals surface area contributed by atoms with Gasteiger partial charge >= 0.3 is 0 Å². The van der Waals surface area contributed by atoms with Crippen molar-refractivity contribution in [2.45, 2.75) is 44.9 Å². The number of thioether (sulfide) groups is 1. The largest absolute Gasteiger partial charge is 0.378 e. The van der Waals surface area contributed by atoms with E-state index in [4.69, 9.17) is 5.41 Å². The topological polar surface area (TPSA) is 72.1 Å². The lowest BCUT2D eigenvalue weighted by Gasteiger charge is -2.20. The fraction of sp³-hybridized carbons (Fsp3) is 0.455. The maximum absolute atomic E-state index is 12.5. The molecular formula is C22H27N5OS. The standard InChI is InChI=1S/C22H27N5OS/c1-26(2)17-11-8-16(9-12-17)14-18-20(23)27-22(24-21(18)28)29-19(25-27)13-10-15-6-4-3-5-7-15/h8-9,11-12,14-15,23H,3-7,10,13H2,1-2H3/b18-14-,23-20?. The van der Waals surface area contributed by atoms with Crippen LogP contribution in [0.2, 0.25) is 0 Å². The number of hydrogen-bond acceptors (Lipinski definition) is 5. The van der Waals surface area contributed by atoms with E-state index in [1.165, 1.54) is 48.9 Å². The van der Waals surface area contributed by atoms with Gasteiger partial charge in [-0.3, -0.25) is 10.2 Å². The van der Waals surface area contributed by atoms with Gasteiger partial charge in [-0.25, -0.2) is 0 Å². The summed E-state index contributed by atoms with van der Waals surface area (Å²) in [6, 6.07) is 7.87. The molecule has 0 saturated heterocycles. The minimum Gasteiger partial charge on any atom is -0.378 e. The van der Waals surface area contributed by atoms with E-state index < -0.39 is 0 Å². The summed E-state index contributed by atoms with van der Waals surface area (Å²) in [6.45, 7) is 0. The fourth-order valence-electron chi connectivity index (χ4n) is 3.97. The number of hydrogen-bond donors (Lipinski definition) is 1.